The van der Waals surface area contributed by atoms with Gasteiger partial charge in [-0.2, -0.15) is 0 Å². The summed E-state index contributed by atoms with van der Waals surface area (Å²) >= 11 is 1.37. The largest absolute Gasteiger partial charge is 0.459 e. The van der Waals surface area contributed by atoms with Crippen molar-refractivity contribution in [3.05, 3.63) is 71.8 Å². The summed E-state index contributed by atoms with van der Waals surface area (Å²) in [5.41, 5.74) is -0.0112. The molecule has 0 radical (unpaired) electrons. The monoisotopic (exact) mass is 499 g/mol. The fraction of sp³-hybridized carbons (Fsp3) is 0.360. The van der Waals surface area contributed by atoms with E-state index < -0.39 is 53.7 Å². The highest BCUT2D eigenvalue weighted by Crippen LogP contribution is 2.39. The van der Waals surface area contributed by atoms with Crippen LogP contribution in [-0.2, 0) is 23.7 Å². The smallest absolute Gasteiger partial charge is 0.417 e. The SMILES string of the molecule is CCS[C@@H]1O[C@H](COC(=O)c2ccccc2)[C@@H](OC(=O)c2ccccc2)[C@@H]2OC(=O)N(C(C)=O)[C@H]21. The molecule has 2 aliphatic rings. The first-order valence-corrected chi connectivity index (χ1v) is 12.2. The lowest BCUT2D eigenvalue weighted by Gasteiger charge is -2.42. The Kier molecular flexibility index (Phi) is 7.72. The zero-order chi connectivity index (χ0) is 24.9. The number of amides is 2. The minimum atomic E-state index is -1.11. The van der Waals surface area contributed by atoms with Crippen molar-refractivity contribution in [2.45, 2.75) is 43.6 Å². The Morgan fingerprint density at radius 2 is 1.57 bits per heavy atom. The van der Waals surface area contributed by atoms with Gasteiger partial charge >= 0.3 is 18.0 Å². The Bertz CT molecular complexity index is 1080. The minimum absolute atomic E-state index is 0.248. The molecule has 2 aliphatic heterocycles. The van der Waals surface area contributed by atoms with Crippen LogP contribution in [0.1, 0.15) is 34.6 Å². The number of ether oxygens (including phenoxy) is 4. The fourth-order valence-electron chi connectivity index (χ4n) is 4.09. The van der Waals surface area contributed by atoms with Crippen molar-refractivity contribution in [3.63, 3.8) is 0 Å². The first-order chi connectivity index (χ1) is 16.9. The van der Waals surface area contributed by atoms with Gasteiger partial charge in [0.05, 0.1) is 11.1 Å². The van der Waals surface area contributed by atoms with E-state index in [-0.39, 0.29) is 6.61 Å². The first-order valence-electron chi connectivity index (χ1n) is 11.2. The molecule has 9 nitrogen and oxygen atoms in total. The van der Waals surface area contributed by atoms with Crippen molar-refractivity contribution in [2.24, 2.45) is 0 Å². The fourth-order valence-corrected chi connectivity index (χ4v) is 5.11. The summed E-state index contributed by atoms with van der Waals surface area (Å²) < 4.78 is 23.0. The topological polar surface area (TPSA) is 108 Å². The molecular weight excluding hydrogens is 474 g/mol. The molecule has 35 heavy (non-hydrogen) atoms. The summed E-state index contributed by atoms with van der Waals surface area (Å²) in [5, 5.41) is 0. The molecule has 0 saturated carbocycles. The number of fused-ring (bicyclic) bond motifs is 1. The van der Waals surface area contributed by atoms with Crippen molar-refractivity contribution < 1.29 is 38.1 Å². The Morgan fingerprint density at radius 1 is 0.971 bits per heavy atom. The molecule has 10 heteroatoms. The summed E-state index contributed by atoms with van der Waals surface area (Å²) in [4.78, 5) is 51.3. The van der Waals surface area contributed by atoms with Crippen LogP contribution in [0.3, 0.4) is 0 Å². The second kappa shape index (κ2) is 10.9. The lowest BCUT2D eigenvalue weighted by Crippen LogP contribution is -2.61. The molecule has 4 rings (SSSR count). The Labute approximate surface area is 206 Å². The first kappa shape index (κ1) is 24.7. The number of hydrogen-bond donors (Lipinski definition) is 0. The van der Waals surface area contributed by atoms with Crippen LogP contribution in [-0.4, -0.2) is 71.0 Å². The number of carbonyl (C=O) groups is 4. The molecule has 2 aromatic carbocycles. The van der Waals surface area contributed by atoms with E-state index in [0.29, 0.717) is 16.9 Å². The molecular formula is C25H25NO8S. The zero-order valence-electron chi connectivity index (χ0n) is 19.2. The molecule has 2 fully saturated rings. The van der Waals surface area contributed by atoms with Gasteiger partial charge in [0.2, 0.25) is 5.91 Å². The number of carbonyl (C=O) groups excluding carboxylic acids is 4. The van der Waals surface area contributed by atoms with Crippen molar-refractivity contribution in [1.82, 2.24) is 4.90 Å². The third kappa shape index (κ3) is 5.33. The number of nitrogens with zero attached hydrogens (tertiary/aromatic N) is 1. The third-order valence-corrected chi connectivity index (χ3v) is 6.71. The molecule has 5 atom stereocenters. The normalized spacial score (nSPS) is 25.4. The molecule has 0 N–H and O–H groups in total. The molecule has 0 unspecified atom stereocenters. The Balaban J connectivity index is 1.61. The number of hydrogen-bond acceptors (Lipinski definition) is 9. The van der Waals surface area contributed by atoms with E-state index in [1.54, 1.807) is 60.7 Å². The standard InChI is InChI=1S/C25H25NO8S/c1-3-35-24-19-21(34-25(30)26(19)15(2)27)20(33-23(29)17-12-8-5-9-13-17)18(32-24)14-31-22(28)16-10-6-4-7-11-16/h4-13,18-21,24H,3,14H2,1-2H3/t18-,19-,20-,21-,24+/m1/s1. The van der Waals surface area contributed by atoms with E-state index in [2.05, 4.69) is 0 Å². The van der Waals surface area contributed by atoms with E-state index >= 15 is 0 Å². The van der Waals surface area contributed by atoms with Gasteiger partial charge < -0.3 is 18.9 Å². The van der Waals surface area contributed by atoms with Crippen molar-refractivity contribution in [2.75, 3.05) is 12.4 Å². The molecule has 0 aliphatic carbocycles. The summed E-state index contributed by atoms with van der Waals surface area (Å²) in [5.74, 6) is -1.11. The summed E-state index contributed by atoms with van der Waals surface area (Å²) in [6.45, 7) is 2.92. The van der Waals surface area contributed by atoms with Crippen LogP contribution >= 0.6 is 11.8 Å². The highest BCUT2D eigenvalue weighted by Gasteiger charge is 2.59. The van der Waals surface area contributed by atoms with E-state index in [4.69, 9.17) is 18.9 Å². The van der Waals surface area contributed by atoms with Gasteiger partial charge in [-0.3, -0.25) is 4.79 Å². The highest BCUT2D eigenvalue weighted by atomic mass is 32.2. The van der Waals surface area contributed by atoms with Gasteiger partial charge in [-0.15, -0.1) is 11.8 Å². The summed E-state index contributed by atoms with van der Waals surface area (Å²) in [6.07, 6.45) is -3.86. The number of esters is 2. The Hall–Kier alpha value is -3.37. The lowest BCUT2D eigenvalue weighted by molar-refractivity contribution is -0.167. The minimum Gasteiger partial charge on any atom is -0.459 e. The summed E-state index contributed by atoms with van der Waals surface area (Å²) in [7, 11) is 0. The van der Waals surface area contributed by atoms with Crippen LogP contribution in [0, 0.1) is 0 Å². The molecule has 184 valence electrons. The van der Waals surface area contributed by atoms with E-state index in [1.807, 2.05) is 6.92 Å². The van der Waals surface area contributed by atoms with Gasteiger partial charge in [0, 0.05) is 6.92 Å². The highest BCUT2D eigenvalue weighted by molar-refractivity contribution is 7.99. The second-order valence-electron chi connectivity index (χ2n) is 7.93. The molecule has 2 amide bonds. The quantitative estimate of drug-likeness (QED) is 0.419. The lowest BCUT2D eigenvalue weighted by atomic mass is 9.97. The van der Waals surface area contributed by atoms with E-state index in [0.717, 1.165) is 4.90 Å². The number of rotatable bonds is 7. The molecule has 2 aromatic rings. The predicted octanol–water partition coefficient (Wildman–Crippen LogP) is 3.28. The van der Waals surface area contributed by atoms with Gasteiger partial charge in [-0.1, -0.05) is 43.3 Å². The van der Waals surface area contributed by atoms with Gasteiger partial charge in [-0.05, 0) is 30.0 Å². The second-order valence-corrected chi connectivity index (χ2v) is 9.30. The van der Waals surface area contributed by atoms with Crippen molar-refractivity contribution in [1.29, 1.82) is 0 Å². The van der Waals surface area contributed by atoms with Crippen LogP contribution in [0.25, 0.3) is 0 Å². The average Bonchev–Trinajstić information content (AvgIpc) is 3.22. The maximum absolute atomic E-state index is 12.9. The molecule has 2 heterocycles. The van der Waals surface area contributed by atoms with Crippen molar-refractivity contribution in [3.8, 4) is 0 Å². The number of benzene rings is 2. The van der Waals surface area contributed by atoms with Crippen LogP contribution in [0.4, 0.5) is 4.79 Å². The van der Waals surface area contributed by atoms with Gasteiger partial charge in [-0.25, -0.2) is 19.3 Å². The van der Waals surface area contributed by atoms with E-state index in [1.165, 1.54) is 18.7 Å². The van der Waals surface area contributed by atoms with Crippen LogP contribution in [0.5, 0.6) is 0 Å². The molecule has 0 bridgehead atoms. The third-order valence-electron chi connectivity index (χ3n) is 5.66. The van der Waals surface area contributed by atoms with Gasteiger partial charge in [0.25, 0.3) is 0 Å². The Morgan fingerprint density at radius 3 is 2.14 bits per heavy atom. The van der Waals surface area contributed by atoms with Crippen molar-refractivity contribution >= 4 is 35.7 Å². The van der Waals surface area contributed by atoms with Crippen LogP contribution in [0.2, 0.25) is 0 Å². The maximum Gasteiger partial charge on any atom is 0.417 e. The molecule has 0 aromatic heterocycles. The zero-order valence-corrected chi connectivity index (χ0v) is 20.0. The maximum atomic E-state index is 12.9. The van der Waals surface area contributed by atoms with E-state index in [9.17, 15) is 19.2 Å². The predicted molar refractivity (Wildman–Crippen MR) is 126 cm³/mol. The van der Waals surface area contributed by atoms with Gasteiger partial charge in [0.15, 0.2) is 12.2 Å². The van der Waals surface area contributed by atoms with Crippen LogP contribution < -0.4 is 0 Å². The average molecular weight is 500 g/mol. The number of imide groups is 1. The summed E-state index contributed by atoms with van der Waals surface area (Å²) in [6, 6.07) is 16.0. The molecule has 2 saturated heterocycles. The molecule has 0 spiro atoms. The number of thioether (sulfide) groups is 1. The van der Waals surface area contributed by atoms with Gasteiger partial charge in [0.1, 0.15) is 24.2 Å². The van der Waals surface area contributed by atoms with Crippen LogP contribution in [0.15, 0.2) is 60.7 Å².